The molecule has 0 saturated heterocycles. The fraction of sp³-hybridized carbons (Fsp3) is 0.111. The van der Waals surface area contributed by atoms with Crippen molar-refractivity contribution >= 4 is 11.7 Å². The standard InChI is InChI=1S/C9H7FN2O2/c10-7-2-1-6(5-8(7)12)9(13)14-4-3-11/h1-2,5H,4,12H2. The molecule has 0 atom stereocenters. The summed E-state index contributed by atoms with van der Waals surface area (Å²) in [6.07, 6.45) is 0. The first-order chi connectivity index (χ1) is 6.65. The largest absolute Gasteiger partial charge is 0.447 e. The maximum atomic E-state index is 12.7. The number of nitriles is 1. The van der Waals surface area contributed by atoms with Gasteiger partial charge in [-0.3, -0.25) is 0 Å². The lowest BCUT2D eigenvalue weighted by atomic mass is 10.2. The summed E-state index contributed by atoms with van der Waals surface area (Å²) in [4.78, 5) is 11.1. The summed E-state index contributed by atoms with van der Waals surface area (Å²) in [5, 5.41) is 8.15. The van der Waals surface area contributed by atoms with Crippen LogP contribution in [0.15, 0.2) is 18.2 Å². The number of hydrogen-bond acceptors (Lipinski definition) is 4. The van der Waals surface area contributed by atoms with Crippen LogP contribution in [0.5, 0.6) is 0 Å². The third kappa shape index (κ3) is 2.20. The van der Waals surface area contributed by atoms with Crippen molar-refractivity contribution in [3.63, 3.8) is 0 Å². The van der Waals surface area contributed by atoms with Crippen molar-refractivity contribution in [3.05, 3.63) is 29.6 Å². The molecule has 1 aromatic rings. The second kappa shape index (κ2) is 4.23. The van der Waals surface area contributed by atoms with Gasteiger partial charge in [0, 0.05) is 0 Å². The van der Waals surface area contributed by atoms with Gasteiger partial charge in [-0.2, -0.15) is 5.26 Å². The zero-order valence-corrected chi connectivity index (χ0v) is 7.16. The quantitative estimate of drug-likeness (QED) is 0.564. The zero-order valence-electron chi connectivity index (χ0n) is 7.16. The molecule has 72 valence electrons. The van der Waals surface area contributed by atoms with Crippen LogP contribution in [0, 0.1) is 17.1 Å². The minimum Gasteiger partial charge on any atom is -0.447 e. The molecule has 1 rings (SSSR count). The first-order valence-corrected chi connectivity index (χ1v) is 3.74. The van der Waals surface area contributed by atoms with E-state index in [9.17, 15) is 9.18 Å². The van der Waals surface area contributed by atoms with Gasteiger partial charge in [-0.25, -0.2) is 9.18 Å². The van der Waals surface area contributed by atoms with Crippen LogP contribution in [0.1, 0.15) is 10.4 Å². The normalized spacial score (nSPS) is 9.14. The lowest BCUT2D eigenvalue weighted by Crippen LogP contribution is -2.06. The van der Waals surface area contributed by atoms with Gasteiger partial charge >= 0.3 is 5.97 Å². The van der Waals surface area contributed by atoms with Crippen molar-refractivity contribution in [1.82, 2.24) is 0 Å². The van der Waals surface area contributed by atoms with Crippen molar-refractivity contribution in [2.45, 2.75) is 0 Å². The molecule has 0 aliphatic rings. The molecular formula is C9H7FN2O2. The summed E-state index contributed by atoms with van der Waals surface area (Å²) in [7, 11) is 0. The molecule has 0 amide bonds. The van der Waals surface area contributed by atoms with Crippen molar-refractivity contribution in [2.75, 3.05) is 12.3 Å². The van der Waals surface area contributed by atoms with Crippen LogP contribution < -0.4 is 5.73 Å². The number of nitrogens with zero attached hydrogens (tertiary/aromatic N) is 1. The van der Waals surface area contributed by atoms with Gasteiger partial charge < -0.3 is 10.5 Å². The van der Waals surface area contributed by atoms with E-state index in [1.54, 1.807) is 6.07 Å². The number of ether oxygens (including phenoxy) is 1. The maximum absolute atomic E-state index is 12.7. The van der Waals surface area contributed by atoms with Crippen LogP contribution in [0.2, 0.25) is 0 Å². The monoisotopic (exact) mass is 194 g/mol. The number of hydrogen-bond donors (Lipinski definition) is 1. The van der Waals surface area contributed by atoms with E-state index in [4.69, 9.17) is 11.0 Å². The van der Waals surface area contributed by atoms with Gasteiger partial charge in [-0.05, 0) is 18.2 Å². The van der Waals surface area contributed by atoms with E-state index in [2.05, 4.69) is 4.74 Å². The highest BCUT2D eigenvalue weighted by atomic mass is 19.1. The summed E-state index contributed by atoms with van der Waals surface area (Å²) in [6, 6.07) is 5.12. The van der Waals surface area contributed by atoms with Gasteiger partial charge in [0.25, 0.3) is 0 Å². The Labute approximate surface area is 79.7 Å². The van der Waals surface area contributed by atoms with Crippen LogP contribution in [0.3, 0.4) is 0 Å². The summed E-state index contributed by atoms with van der Waals surface area (Å²) in [6.45, 7) is -0.337. The average Bonchev–Trinajstić information content (AvgIpc) is 2.18. The Kier molecular flexibility index (Phi) is 3.02. The summed E-state index contributed by atoms with van der Waals surface area (Å²) >= 11 is 0. The van der Waals surface area contributed by atoms with Crippen LogP contribution in [0.25, 0.3) is 0 Å². The molecule has 0 aromatic heterocycles. The summed E-state index contributed by atoms with van der Waals surface area (Å²) in [5.74, 6) is -1.29. The first-order valence-electron chi connectivity index (χ1n) is 3.74. The average molecular weight is 194 g/mol. The number of carbonyl (C=O) groups excluding carboxylic acids is 1. The van der Waals surface area contributed by atoms with E-state index in [0.717, 1.165) is 12.1 Å². The van der Waals surface area contributed by atoms with E-state index < -0.39 is 11.8 Å². The molecule has 14 heavy (non-hydrogen) atoms. The number of esters is 1. The van der Waals surface area contributed by atoms with Crippen molar-refractivity contribution < 1.29 is 13.9 Å². The molecule has 4 nitrogen and oxygen atoms in total. The first kappa shape index (κ1) is 9.99. The number of halogens is 1. The Morgan fingerprint density at radius 2 is 2.36 bits per heavy atom. The smallest absolute Gasteiger partial charge is 0.339 e. The fourth-order valence-corrected chi connectivity index (χ4v) is 0.852. The van der Waals surface area contributed by atoms with Crippen molar-refractivity contribution in [1.29, 1.82) is 5.26 Å². The highest BCUT2D eigenvalue weighted by Crippen LogP contribution is 2.12. The van der Waals surface area contributed by atoms with Crippen LogP contribution in [-0.2, 0) is 4.74 Å². The Morgan fingerprint density at radius 3 is 2.93 bits per heavy atom. The predicted octanol–water partition coefficient (Wildman–Crippen LogP) is 1.09. The second-order valence-electron chi connectivity index (χ2n) is 2.47. The van der Waals surface area contributed by atoms with Gasteiger partial charge in [0.15, 0.2) is 6.61 Å². The summed E-state index contributed by atoms with van der Waals surface area (Å²) in [5.41, 5.74) is 5.24. The van der Waals surface area contributed by atoms with Crippen LogP contribution in [-0.4, -0.2) is 12.6 Å². The lowest BCUT2D eigenvalue weighted by molar-refractivity contribution is 0.0555. The number of rotatable bonds is 2. The third-order valence-corrected chi connectivity index (χ3v) is 1.50. The Hall–Kier alpha value is -2.09. The number of nitrogen functional groups attached to an aromatic ring is 1. The predicted molar refractivity (Wildman–Crippen MR) is 46.7 cm³/mol. The van der Waals surface area contributed by atoms with Gasteiger partial charge in [-0.1, -0.05) is 0 Å². The Balaban J connectivity index is 2.82. The Bertz CT molecular complexity index is 398. The summed E-state index contributed by atoms with van der Waals surface area (Å²) < 4.78 is 17.2. The third-order valence-electron chi connectivity index (χ3n) is 1.50. The zero-order chi connectivity index (χ0) is 10.6. The molecule has 0 saturated carbocycles. The molecule has 0 unspecified atom stereocenters. The lowest BCUT2D eigenvalue weighted by Gasteiger charge is -2.01. The molecule has 2 N–H and O–H groups in total. The van der Waals surface area contributed by atoms with E-state index in [0.29, 0.717) is 0 Å². The van der Waals surface area contributed by atoms with Crippen molar-refractivity contribution in [2.24, 2.45) is 0 Å². The second-order valence-corrected chi connectivity index (χ2v) is 2.47. The van der Waals surface area contributed by atoms with E-state index in [1.807, 2.05) is 0 Å². The van der Waals surface area contributed by atoms with Crippen molar-refractivity contribution in [3.8, 4) is 6.07 Å². The number of anilines is 1. The fourth-order valence-electron chi connectivity index (χ4n) is 0.852. The van der Waals surface area contributed by atoms with Crippen LogP contribution >= 0.6 is 0 Å². The Morgan fingerprint density at radius 1 is 1.64 bits per heavy atom. The molecule has 1 aromatic carbocycles. The minimum absolute atomic E-state index is 0.124. The van der Waals surface area contributed by atoms with E-state index in [-0.39, 0.29) is 17.9 Å². The topological polar surface area (TPSA) is 76.1 Å². The van der Waals surface area contributed by atoms with E-state index in [1.165, 1.54) is 6.07 Å². The number of nitrogens with two attached hydrogens (primary N) is 1. The molecule has 0 aliphatic carbocycles. The van der Waals surface area contributed by atoms with Gasteiger partial charge in [0.05, 0.1) is 11.3 Å². The van der Waals surface area contributed by atoms with Gasteiger partial charge in [0.2, 0.25) is 0 Å². The number of carbonyl (C=O) groups is 1. The highest BCUT2D eigenvalue weighted by Gasteiger charge is 2.08. The van der Waals surface area contributed by atoms with Gasteiger partial charge in [0.1, 0.15) is 11.9 Å². The molecule has 0 radical (unpaired) electrons. The maximum Gasteiger partial charge on any atom is 0.339 e. The molecule has 0 spiro atoms. The van der Waals surface area contributed by atoms with Crippen LogP contribution in [0.4, 0.5) is 10.1 Å². The SMILES string of the molecule is N#CCOC(=O)c1ccc(F)c(N)c1. The molecule has 0 bridgehead atoms. The molecule has 0 aliphatic heterocycles. The molecule has 0 fully saturated rings. The minimum atomic E-state index is -0.696. The molecule has 0 heterocycles. The van der Waals surface area contributed by atoms with E-state index >= 15 is 0 Å². The molecular weight excluding hydrogens is 187 g/mol. The highest BCUT2D eigenvalue weighted by molar-refractivity contribution is 5.90. The molecule has 5 heteroatoms. The van der Waals surface area contributed by atoms with Gasteiger partial charge in [-0.15, -0.1) is 0 Å². The number of benzene rings is 1.